The van der Waals surface area contributed by atoms with Crippen LogP contribution in [-0.4, -0.2) is 37.8 Å². The summed E-state index contributed by atoms with van der Waals surface area (Å²) in [6, 6.07) is 8.01. The van der Waals surface area contributed by atoms with E-state index in [2.05, 4.69) is 10.6 Å². The molecule has 2 N–H and O–H groups in total. The van der Waals surface area contributed by atoms with Gasteiger partial charge in [0.05, 0.1) is 17.2 Å². The summed E-state index contributed by atoms with van der Waals surface area (Å²) in [5.41, 5.74) is 0.0874. The van der Waals surface area contributed by atoms with Crippen molar-refractivity contribution in [2.24, 2.45) is 0 Å². The molecule has 2 aromatic rings. The number of hydrogen-bond acceptors (Lipinski definition) is 4. The third-order valence-electron chi connectivity index (χ3n) is 4.13. The van der Waals surface area contributed by atoms with Crippen molar-refractivity contribution in [3.8, 4) is 0 Å². The van der Waals surface area contributed by atoms with Crippen LogP contribution in [0.2, 0.25) is 0 Å². The summed E-state index contributed by atoms with van der Waals surface area (Å²) >= 11 is 0. The molecule has 0 bridgehead atoms. The largest absolute Gasteiger partial charge is 0.348 e. The van der Waals surface area contributed by atoms with Gasteiger partial charge >= 0.3 is 0 Å². The molecule has 0 spiro atoms. The maximum absolute atomic E-state index is 13.7. The minimum absolute atomic E-state index is 0.0314. The van der Waals surface area contributed by atoms with Gasteiger partial charge in [-0.2, -0.15) is 0 Å². The van der Waals surface area contributed by atoms with Gasteiger partial charge in [-0.1, -0.05) is 6.07 Å². The zero-order chi connectivity index (χ0) is 19.6. The van der Waals surface area contributed by atoms with Crippen LogP contribution >= 0.6 is 0 Å². The molecular weight excluding hydrogens is 378 g/mol. The van der Waals surface area contributed by atoms with Crippen molar-refractivity contribution in [1.82, 2.24) is 5.32 Å². The van der Waals surface area contributed by atoms with E-state index in [9.17, 15) is 26.8 Å². The molecule has 0 radical (unpaired) electrons. The van der Waals surface area contributed by atoms with Crippen molar-refractivity contribution in [3.63, 3.8) is 0 Å². The Morgan fingerprint density at radius 1 is 1.00 bits per heavy atom. The summed E-state index contributed by atoms with van der Waals surface area (Å²) in [7, 11) is -3.13. The van der Waals surface area contributed by atoms with Gasteiger partial charge < -0.3 is 10.6 Å². The van der Waals surface area contributed by atoms with Crippen LogP contribution in [0.5, 0.6) is 0 Å². The summed E-state index contributed by atoms with van der Waals surface area (Å²) in [4.78, 5) is 24.6. The summed E-state index contributed by atoms with van der Waals surface area (Å²) in [6.07, 6.45) is 0.345. The zero-order valence-corrected chi connectivity index (χ0v) is 14.9. The fourth-order valence-electron chi connectivity index (χ4n) is 2.76. The minimum Gasteiger partial charge on any atom is -0.348 e. The number of anilines is 1. The topological polar surface area (TPSA) is 92.3 Å². The lowest BCUT2D eigenvalue weighted by molar-refractivity contribution is 0.0941. The van der Waals surface area contributed by atoms with Gasteiger partial charge in [0.1, 0.15) is 11.6 Å². The Labute approximate surface area is 154 Å². The lowest BCUT2D eigenvalue weighted by Crippen LogP contribution is -2.35. The first-order chi connectivity index (χ1) is 12.7. The number of halogens is 2. The fourth-order valence-corrected chi connectivity index (χ4v) is 4.44. The summed E-state index contributed by atoms with van der Waals surface area (Å²) < 4.78 is 49.5. The molecule has 1 aliphatic rings. The quantitative estimate of drug-likeness (QED) is 0.831. The highest BCUT2D eigenvalue weighted by Crippen LogP contribution is 2.17. The van der Waals surface area contributed by atoms with Crippen LogP contribution in [0, 0.1) is 11.6 Å². The van der Waals surface area contributed by atoms with E-state index in [0.717, 1.165) is 12.1 Å². The number of sulfone groups is 1. The molecule has 0 aromatic heterocycles. The first-order valence-electron chi connectivity index (χ1n) is 8.11. The summed E-state index contributed by atoms with van der Waals surface area (Å²) in [5, 5.41) is 4.94. The predicted octanol–water partition coefficient (Wildman–Crippen LogP) is 2.13. The van der Waals surface area contributed by atoms with E-state index in [1.807, 2.05) is 0 Å². The molecule has 1 aliphatic heterocycles. The van der Waals surface area contributed by atoms with Crippen LogP contribution < -0.4 is 10.6 Å². The van der Waals surface area contributed by atoms with E-state index in [1.165, 1.54) is 24.3 Å². The van der Waals surface area contributed by atoms with E-state index in [0.29, 0.717) is 12.5 Å². The Kier molecular flexibility index (Phi) is 5.22. The highest BCUT2D eigenvalue weighted by molar-refractivity contribution is 7.91. The van der Waals surface area contributed by atoms with Crippen LogP contribution in [-0.2, 0) is 9.84 Å². The van der Waals surface area contributed by atoms with Gasteiger partial charge in [0, 0.05) is 23.2 Å². The van der Waals surface area contributed by atoms with Crippen molar-refractivity contribution in [3.05, 3.63) is 65.2 Å². The van der Waals surface area contributed by atoms with Crippen LogP contribution in [0.4, 0.5) is 14.5 Å². The smallest absolute Gasteiger partial charge is 0.255 e. The van der Waals surface area contributed by atoms with E-state index in [4.69, 9.17) is 0 Å². The number of carbonyl (C=O) groups is 2. The Bertz CT molecular complexity index is 1010. The molecular formula is C18H16F2N2O4S. The SMILES string of the molecule is O=C(Nc1ccc(F)cc1F)c1cccc(C(=O)NC2CCS(=O)(=O)C2)c1. The maximum atomic E-state index is 13.7. The van der Waals surface area contributed by atoms with Crippen LogP contribution in [0.3, 0.4) is 0 Å². The van der Waals surface area contributed by atoms with Crippen molar-refractivity contribution >= 4 is 27.3 Å². The summed E-state index contributed by atoms with van der Waals surface area (Å²) in [5.74, 6) is -2.93. The second-order valence-electron chi connectivity index (χ2n) is 6.23. The van der Waals surface area contributed by atoms with Gasteiger partial charge in [0.2, 0.25) is 0 Å². The minimum atomic E-state index is -3.13. The highest BCUT2D eigenvalue weighted by Gasteiger charge is 2.29. The molecule has 2 aromatic carbocycles. The monoisotopic (exact) mass is 394 g/mol. The number of hydrogen-bond donors (Lipinski definition) is 2. The zero-order valence-electron chi connectivity index (χ0n) is 14.0. The molecule has 1 unspecified atom stereocenters. The standard InChI is InChI=1S/C18H16F2N2O4S/c19-13-4-5-16(15(20)9-13)22-18(24)12-3-1-2-11(8-12)17(23)21-14-6-7-27(25,26)10-14/h1-5,8-9,14H,6-7,10H2,(H,21,23)(H,22,24). The van der Waals surface area contributed by atoms with Crippen LogP contribution in [0.1, 0.15) is 27.1 Å². The van der Waals surface area contributed by atoms with Gasteiger partial charge in [0.15, 0.2) is 9.84 Å². The van der Waals surface area contributed by atoms with Gasteiger partial charge in [-0.15, -0.1) is 0 Å². The molecule has 6 nitrogen and oxygen atoms in total. The lowest BCUT2D eigenvalue weighted by Gasteiger charge is -2.12. The van der Waals surface area contributed by atoms with Crippen molar-refractivity contribution in [2.75, 3.05) is 16.8 Å². The number of amides is 2. The number of benzene rings is 2. The Morgan fingerprint density at radius 2 is 1.70 bits per heavy atom. The van der Waals surface area contributed by atoms with Gasteiger partial charge in [0.25, 0.3) is 11.8 Å². The molecule has 2 amide bonds. The first kappa shape index (κ1) is 19.0. The Morgan fingerprint density at radius 3 is 2.33 bits per heavy atom. The molecule has 9 heteroatoms. The van der Waals surface area contributed by atoms with Crippen molar-refractivity contribution < 1.29 is 26.8 Å². The van der Waals surface area contributed by atoms with Gasteiger partial charge in [-0.05, 0) is 36.8 Å². The predicted molar refractivity (Wildman–Crippen MR) is 95.3 cm³/mol. The van der Waals surface area contributed by atoms with Gasteiger partial charge in [-0.3, -0.25) is 9.59 Å². The van der Waals surface area contributed by atoms with Crippen LogP contribution in [0.25, 0.3) is 0 Å². The average Bonchev–Trinajstić information content (AvgIpc) is 2.96. The molecule has 27 heavy (non-hydrogen) atoms. The first-order valence-corrected chi connectivity index (χ1v) is 9.93. The lowest BCUT2D eigenvalue weighted by atomic mass is 10.1. The third kappa shape index (κ3) is 4.68. The van der Waals surface area contributed by atoms with E-state index in [1.54, 1.807) is 0 Å². The molecule has 1 fully saturated rings. The number of nitrogens with one attached hydrogen (secondary N) is 2. The highest BCUT2D eigenvalue weighted by atomic mass is 32.2. The fraction of sp³-hybridized carbons (Fsp3) is 0.222. The number of rotatable bonds is 4. The Balaban J connectivity index is 1.71. The van der Waals surface area contributed by atoms with Crippen molar-refractivity contribution in [1.29, 1.82) is 0 Å². The van der Waals surface area contributed by atoms with E-state index >= 15 is 0 Å². The Hall–Kier alpha value is -2.81. The van der Waals surface area contributed by atoms with Gasteiger partial charge in [-0.25, -0.2) is 17.2 Å². The summed E-state index contributed by atoms with van der Waals surface area (Å²) in [6.45, 7) is 0. The molecule has 0 saturated carbocycles. The van der Waals surface area contributed by atoms with Crippen molar-refractivity contribution in [2.45, 2.75) is 12.5 Å². The van der Waals surface area contributed by atoms with E-state index in [-0.39, 0.29) is 28.3 Å². The maximum Gasteiger partial charge on any atom is 0.255 e. The molecule has 0 aliphatic carbocycles. The molecule has 1 heterocycles. The van der Waals surface area contributed by atoms with E-state index < -0.39 is 39.3 Å². The molecule has 1 saturated heterocycles. The molecule has 1 atom stereocenters. The second kappa shape index (κ2) is 7.43. The third-order valence-corrected chi connectivity index (χ3v) is 5.90. The second-order valence-corrected chi connectivity index (χ2v) is 8.46. The normalized spacial score (nSPS) is 18.1. The molecule has 142 valence electrons. The average molecular weight is 394 g/mol. The van der Waals surface area contributed by atoms with Crippen LogP contribution in [0.15, 0.2) is 42.5 Å². The number of carbonyl (C=O) groups excluding carboxylic acids is 2. The molecule has 3 rings (SSSR count).